The normalized spacial score (nSPS) is 29.4. The first-order valence-corrected chi connectivity index (χ1v) is 3.77. The molecule has 1 fully saturated rings. The molecule has 1 rings (SSSR count). The lowest BCUT2D eigenvalue weighted by Gasteiger charge is -2.25. The molecule has 3 nitrogen and oxygen atoms in total. The van der Waals surface area contributed by atoms with Gasteiger partial charge in [0.05, 0.1) is 12.7 Å². The molecule has 1 saturated heterocycles. The van der Waals surface area contributed by atoms with Gasteiger partial charge in [0.25, 0.3) is 0 Å². The zero-order valence-corrected chi connectivity index (χ0v) is 6.96. The van der Waals surface area contributed by atoms with Crippen molar-refractivity contribution in [3.05, 3.63) is 0 Å². The molecule has 0 spiro atoms. The van der Waals surface area contributed by atoms with Crippen LogP contribution in [-0.4, -0.2) is 25.9 Å². The van der Waals surface area contributed by atoms with E-state index in [-0.39, 0.29) is 5.92 Å². The van der Waals surface area contributed by atoms with Gasteiger partial charge in [0, 0.05) is 19.6 Å². The molecule has 1 aliphatic heterocycles. The number of rotatable bonds is 2. The van der Waals surface area contributed by atoms with E-state index >= 15 is 0 Å². The van der Waals surface area contributed by atoms with Crippen LogP contribution in [0.1, 0.15) is 13.3 Å². The van der Waals surface area contributed by atoms with Gasteiger partial charge in [-0.2, -0.15) is 5.26 Å². The second-order valence-electron chi connectivity index (χ2n) is 2.98. The second kappa shape index (κ2) is 3.21. The summed E-state index contributed by atoms with van der Waals surface area (Å²) in [6, 6.07) is 2.17. The molecular formula is C8H13NO2. The summed E-state index contributed by atoms with van der Waals surface area (Å²) in [7, 11) is 1.57. The average molecular weight is 155 g/mol. The number of methoxy groups -OCH3 is 1. The molecule has 1 aliphatic rings. The Morgan fingerprint density at radius 3 is 2.82 bits per heavy atom. The van der Waals surface area contributed by atoms with Crippen LogP contribution in [-0.2, 0) is 9.47 Å². The van der Waals surface area contributed by atoms with Gasteiger partial charge < -0.3 is 9.47 Å². The first-order valence-electron chi connectivity index (χ1n) is 3.77. The predicted molar refractivity (Wildman–Crippen MR) is 40.0 cm³/mol. The van der Waals surface area contributed by atoms with Crippen molar-refractivity contribution in [2.75, 3.05) is 20.3 Å². The summed E-state index contributed by atoms with van der Waals surface area (Å²) in [5.74, 6) is 0.234. The fraction of sp³-hybridized carbons (Fsp3) is 0.875. The maximum atomic E-state index is 8.82. The van der Waals surface area contributed by atoms with Crippen LogP contribution >= 0.6 is 0 Å². The highest BCUT2D eigenvalue weighted by molar-refractivity contribution is 5.03. The van der Waals surface area contributed by atoms with E-state index in [1.807, 2.05) is 6.92 Å². The van der Waals surface area contributed by atoms with Gasteiger partial charge in [-0.15, -0.1) is 0 Å². The van der Waals surface area contributed by atoms with Gasteiger partial charge in [-0.1, -0.05) is 0 Å². The van der Waals surface area contributed by atoms with E-state index < -0.39 is 5.60 Å². The number of hydrogen-bond donors (Lipinski definition) is 0. The van der Waals surface area contributed by atoms with E-state index in [2.05, 4.69) is 6.07 Å². The van der Waals surface area contributed by atoms with E-state index in [1.165, 1.54) is 0 Å². The Labute approximate surface area is 66.9 Å². The van der Waals surface area contributed by atoms with Gasteiger partial charge >= 0.3 is 0 Å². The monoisotopic (exact) mass is 155 g/mol. The summed E-state index contributed by atoms with van der Waals surface area (Å²) in [4.78, 5) is 0. The number of hydrogen-bond acceptors (Lipinski definition) is 3. The van der Waals surface area contributed by atoms with Crippen LogP contribution in [0.5, 0.6) is 0 Å². The Morgan fingerprint density at radius 1 is 1.73 bits per heavy atom. The van der Waals surface area contributed by atoms with Crippen LogP contribution in [0.25, 0.3) is 0 Å². The molecule has 1 heterocycles. The minimum absolute atomic E-state index is 0.234. The summed E-state index contributed by atoms with van der Waals surface area (Å²) in [6.45, 7) is 3.22. The molecule has 3 heteroatoms. The lowest BCUT2D eigenvalue weighted by atomic mass is 9.90. The van der Waals surface area contributed by atoms with Gasteiger partial charge in [0.1, 0.15) is 0 Å². The van der Waals surface area contributed by atoms with E-state index in [0.29, 0.717) is 6.61 Å². The summed E-state index contributed by atoms with van der Waals surface area (Å²) in [6.07, 6.45) is 0.928. The number of nitriles is 1. The number of ether oxygens (including phenoxy) is 2. The Hall–Kier alpha value is -0.590. The summed E-state index contributed by atoms with van der Waals surface area (Å²) in [5.41, 5.74) is -0.656. The Bertz CT molecular complexity index is 169. The zero-order valence-electron chi connectivity index (χ0n) is 6.96. The minimum atomic E-state index is -0.656. The van der Waals surface area contributed by atoms with Gasteiger partial charge in [0.15, 0.2) is 5.60 Å². The lowest BCUT2D eigenvalue weighted by Crippen LogP contribution is -2.35. The van der Waals surface area contributed by atoms with Crippen molar-refractivity contribution in [1.29, 1.82) is 5.26 Å². The van der Waals surface area contributed by atoms with Crippen molar-refractivity contribution in [2.45, 2.75) is 18.9 Å². The first kappa shape index (κ1) is 8.51. The van der Waals surface area contributed by atoms with E-state index in [9.17, 15) is 0 Å². The highest BCUT2D eigenvalue weighted by Gasteiger charge is 2.36. The molecule has 11 heavy (non-hydrogen) atoms. The Morgan fingerprint density at radius 2 is 2.45 bits per heavy atom. The molecule has 0 bridgehead atoms. The predicted octanol–water partition coefficient (Wildman–Crippen LogP) is 0.952. The summed E-state index contributed by atoms with van der Waals surface area (Å²) < 4.78 is 10.3. The molecule has 0 aromatic heterocycles. The SMILES string of the molecule is COC(C)(C#N)C1CCOC1. The van der Waals surface area contributed by atoms with Crippen LogP contribution < -0.4 is 0 Å². The maximum absolute atomic E-state index is 8.82. The molecule has 62 valence electrons. The smallest absolute Gasteiger partial charge is 0.156 e. The van der Waals surface area contributed by atoms with E-state index in [0.717, 1.165) is 13.0 Å². The van der Waals surface area contributed by atoms with Crippen LogP contribution in [0.2, 0.25) is 0 Å². The molecule has 0 aromatic rings. The second-order valence-corrected chi connectivity index (χ2v) is 2.98. The highest BCUT2D eigenvalue weighted by Crippen LogP contribution is 2.27. The summed E-state index contributed by atoms with van der Waals surface area (Å²) in [5, 5.41) is 8.82. The average Bonchev–Trinajstić information content (AvgIpc) is 2.55. The van der Waals surface area contributed by atoms with Gasteiger partial charge in [-0.3, -0.25) is 0 Å². The van der Waals surface area contributed by atoms with Crippen LogP contribution in [0.4, 0.5) is 0 Å². The Balaban J connectivity index is 2.61. The molecule has 2 unspecified atom stereocenters. The number of nitrogens with zero attached hydrogens (tertiary/aromatic N) is 1. The largest absolute Gasteiger partial charge is 0.381 e. The zero-order chi connectivity index (χ0) is 8.32. The van der Waals surface area contributed by atoms with Crippen LogP contribution in [0.15, 0.2) is 0 Å². The third-order valence-electron chi connectivity index (χ3n) is 2.35. The quantitative estimate of drug-likeness (QED) is 0.596. The van der Waals surface area contributed by atoms with Crippen molar-refractivity contribution in [1.82, 2.24) is 0 Å². The molecule has 0 saturated carbocycles. The van der Waals surface area contributed by atoms with Gasteiger partial charge in [-0.25, -0.2) is 0 Å². The maximum Gasteiger partial charge on any atom is 0.156 e. The first-order chi connectivity index (χ1) is 5.23. The van der Waals surface area contributed by atoms with Crippen molar-refractivity contribution in [3.63, 3.8) is 0 Å². The van der Waals surface area contributed by atoms with Crippen molar-refractivity contribution in [2.24, 2.45) is 5.92 Å². The van der Waals surface area contributed by atoms with E-state index in [1.54, 1.807) is 7.11 Å². The molecule has 2 atom stereocenters. The lowest BCUT2D eigenvalue weighted by molar-refractivity contribution is 0.000599. The van der Waals surface area contributed by atoms with Crippen LogP contribution in [0.3, 0.4) is 0 Å². The molecule has 0 aromatic carbocycles. The molecule has 0 amide bonds. The fourth-order valence-electron chi connectivity index (χ4n) is 1.27. The van der Waals surface area contributed by atoms with Crippen molar-refractivity contribution < 1.29 is 9.47 Å². The summed E-state index contributed by atoms with van der Waals surface area (Å²) >= 11 is 0. The van der Waals surface area contributed by atoms with Crippen molar-refractivity contribution >= 4 is 0 Å². The standard InChI is InChI=1S/C8H13NO2/c1-8(6-9,10-2)7-3-4-11-5-7/h7H,3-5H2,1-2H3. The minimum Gasteiger partial charge on any atom is -0.381 e. The highest BCUT2D eigenvalue weighted by atomic mass is 16.5. The third-order valence-corrected chi connectivity index (χ3v) is 2.35. The van der Waals surface area contributed by atoms with Gasteiger partial charge in [0.2, 0.25) is 0 Å². The molecule has 0 radical (unpaired) electrons. The van der Waals surface area contributed by atoms with Gasteiger partial charge in [-0.05, 0) is 13.3 Å². The topological polar surface area (TPSA) is 42.2 Å². The third kappa shape index (κ3) is 1.52. The Kier molecular flexibility index (Phi) is 2.48. The fourth-order valence-corrected chi connectivity index (χ4v) is 1.27. The molecule has 0 aliphatic carbocycles. The molecular weight excluding hydrogens is 142 g/mol. The molecule has 0 N–H and O–H groups in total. The van der Waals surface area contributed by atoms with E-state index in [4.69, 9.17) is 14.7 Å². The van der Waals surface area contributed by atoms with Crippen molar-refractivity contribution in [3.8, 4) is 6.07 Å². The van der Waals surface area contributed by atoms with Crippen LogP contribution in [0, 0.1) is 17.2 Å².